The molecule has 2 aromatic carbocycles. The Balaban J connectivity index is 1.67. The van der Waals surface area contributed by atoms with Crippen molar-refractivity contribution in [3.8, 4) is 0 Å². The molecule has 0 radical (unpaired) electrons. The number of rotatable bonds is 4. The topological polar surface area (TPSA) is 41.8 Å². The van der Waals surface area contributed by atoms with Crippen LogP contribution in [-0.2, 0) is 10.0 Å². The molecule has 1 aliphatic rings. The Morgan fingerprint density at radius 1 is 1.00 bits per heavy atom. The van der Waals surface area contributed by atoms with Crippen molar-refractivity contribution in [3.63, 3.8) is 0 Å². The zero-order chi connectivity index (χ0) is 18.0. The summed E-state index contributed by atoms with van der Waals surface area (Å²) in [7, 11) is -3.43. The zero-order valence-electron chi connectivity index (χ0n) is 14.6. The van der Waals surface area contributed by atoms with Crippen LogP contribution < -0.4 is 4.90 Å². The van der Waals surface area contributed by atoms with Gasteiger partial charge in [-0.2, -0.15) is 4.31 Å². The summed E-state index contributed by atoms with van der Waals surface area (Å²) >= 11 is 0. The molecule has 0 bridgehead atoms. The van der Waals surface area contributed by atoms with Gasteiger partial charge in [-0.05, 0) is 38.1 Å². The van der Waals surface area contributed by atoms with Crippen molar-refractivity contribution in [2.24, 2.45) is 0 Å². The van der Waals surface area contributed by atoms with E-state index in [4.69, 9.17) is 0 Å². The summed E-state index contributed by atoms with van der Waals surface area (Å²) in [5.41, 5.74) is 2.12. The smallest absolute Gasteiger partial charge is 0.243 e. The predicted octanol–water partition coefficient (Wildman–Crippen LogP) is 1.78. The number of halogens is 1. The van der Waals surface area contributed by atoms with Crippen LogP contribution in [0, 0.1) is 12.7 Å². The molecule has 0 unspecified atom stereocenters. The number of hydrogen-bond donors (Lipinski definition) is 1. The molecule has 0 aromatic heterocycles. The molecule has 134 valence electrons. The largest absolute Gasteiger partial charge is 0.327 e. The van der Waals surface area contributed by atoms with Crippen molar-refractivity contribution in [2.75, 3.05) is 26.2 Å². The highest BCUT2D eigenvalue weighted by Gasteiger charge is 2.32. The highest BCUT2D eigenvalue weighted by molar-refractivity contribution is 7.89. The molecule has 0 saturated carbocycles. The molecule has 1 N–H and O–H groups in total. The van der Waals surface area contributed by atoms with E-state index < -0.39 is 10.0 Å². The molecule has 1 fully saturated rings. The van der Waals surface area contributed by atoms with Gasteiger partial charge in [-0.1, -0.05) is 29.8 Å². The van der Waals surface area contributed by atoms with Crippen LogP contribution in [0.3, 0.4) is 0 Å². The van der Waals surface area contributed by atoms with Gasteiger partial charge in [0, 0.05) is 5.56 Å². The van der Waals surface area contributed by atoms with Gasteiger partial charge in [-0.15, -0.1) is 0 Å². The lowest BCUT2D eigenvalue weighted by atomic mass is 10.1. The maximum Gasteiger partial charge on any atom is 0.243 e. The van der Waals surface area contributed by atoms with Crippen LogP contribution in [0.2, 0.25) is 0 Å². The van der Waals surface area contributed by atoms with Crippen LogP contribution in [0.15, 0.2) is 53.4 Å². The molecule has 25 heavy (non-hydrogen) atoms. The SMILES string of the molecule is Cc1ccc(S(=O)(=O)N2CC[NH+]([C@H](C)c3ccc(F)cc3)CC2)cc1. The molecule has 2 aromatic rings. The highest BCUT2D eigenvalue weighted by atomic mass is 32.2. The Morgan fingerprint density at radius 3 is 2.12 bits per heavy atom. The van der Waals surface area contributed by atoms with Crippen molar-refractivity contribution in [1.29, 1.82) is 0 Å². The molecule has 0 aliphatic carbocycles. The first-order valence-electron chi connectivity index (χ1n) is 8.55. The number of quaternary nitrogens is 1. The number of nitrogens with one attached hydrogen (secondary N) is 1. The predicted molar refractivity (Wildman–Crippen MR) is 95.4 cm³/mol. The molecule has 1 saturated heterocycles. The Bertz CT molecular complexity index is 812. The summed E-state index contributed by atoms with van der Waals surface area (Å²) < 4.78 is 40.2. The van der Waals surface area contributed by atoms with Crippen LogP contribution in [0.4, 0.5) is 4.39 Å². The number of benzene rings is 2. The van der Waals surface area contributed by atoms with Crippen molar-refractivity contribution >= 4 is 10.0 Å². The molecule has 1 heterocycles. The standard InChI is InChI=1S/C19H23FN2O2S/c1-15-3-9-19(10-4-15)25(23,24)22-13-11-21(12-14-22)16(2)17-5-7-18(20)8-6-17/h3-10,16H,11-14H2,1-2H3/p+1/t16-/m1/s1. The molecular weight excluding hydrogens is 339 g/mol. The Labute approximate surface area is 148 Å². The van der Waals surface area contributed by atoms with Crippen molar-refractivity contribution in [1.82, 2.24) is 4.31 Å². The summed E-state index contributed by atoms with van der Waals surface area (Å²) in [4.78, 5) is 1.68. The lowest BCUT2D eigenvalue weighted by Gasteiger charge is -2.35. The number of piperazine rings is 1. The number of hydrogen-bond acceptors (Lipinski definition) is 2. The Kier molecular flexibility index (Phi) is 5.22. The first-order valence-corrected chi connectivity index (χ1v) is 9.99. The monoisotopic (exact) mass is 363 g/mol. The first-order chi connectivity index (χ1) is 11.9. The fourth-order valence-corrected chi connectivity index (χ4v) is 4.73. The maximum absolute atomic E-state index is 13.1. The third kappa shape index (κ3) is 3.92. The highest BCUT2D eigenvalue weighted by Crippen LogP contribution is 2.17. The van der Waals surface area contributed by atoms with E-state index in [9.17, 15) is 12.8 Å². The minimum Gasteiger partial charge on any atom is -0.327 e. The van der Waals surface area contributed by atoms with Gasteiger partial charge in [-0.3, -0.25) is 0 Å². The first kappa shape index (κ1) is 18.0. The number of sulfonamides is 1. The molecule has 0 amide bonds. The fraction of sp³-hybridized carbons (Fsp3) is 0.368. The van der Waals surface area contributed by atoms with Crippen LogP contribution in [0.25, 0.3) is 0 Å². The van der Waals surface area contributed by atoms with Gasteiger partial charge >= 0.3 is 0 Å². The van der Waals surface area contributed by atoms with E-state index in [0.717, 1.165) is 24.2 Å². The molecule has 3 rings (SSSR count). The summed E-state index contributed by atoms with van der Waals surface area (Å²) in [5.74, 6) is -0.236. The van der Waals surface area contributed by atoms with E-state index in [1.54, 1.807) is 16.4 Å². The van der Waals surface area contributed by atoms with E-state index >= 15 is 0 Å². The van der Waals surface area contributed by atoms with Crippen LogP contribution >= 0.6 is 0 Å². The maximum atomic E-state index is 13.1. The molecule has 0 spiro atoms. The molecule has 1 aliphatic heterocycles. The van der Waals surface area contributed by atoms with Gasteiger partial charge in [0.05, 0.1) is 31.1 Å². The second-order valence-electron chi connectivity index (χ2n) is 6.65. The van der Waals surface area contributed by atoms with Crippen LogP contribution in [0.5, 0.6) is 0 Å². The third-order valence-electron chi connectivity index (χ3n) is 5.01. The van der Waals surface area contributed by atoms with E-state index in [0.29, 0.717) is 18.0 Å². The summed E-state index contributed by atoms with van der Waals surface area (Å²) in [5, 5.41) is 0. The Hall–Kier alpha value is -1.76. The second kappa shape index (κ2) is 7.23. The number of nitrogens with zero attached hydrogens (tertiary/aromatic N) is 1. The van der Waals surface area contributed by atoms with E-state index in [1.807, 2.05) is 31.2 Å². The van der Waals surface area contributed by atoms with Crippen molar-refractivity contribution in [3.05, 3.63) is 65.5 Å². The lowest BCUT2D eigenvalue weighted by molar-refractivity contribution is -0.933. The third-order valence-corrected chi connectivity index (χ3v) is 6.92. The van der Waals surface area contributed by atoms with Crippen molar-refractivity contribution in [2.45, 2.75) is 24.8 Å². The molecule has 6 heteroatoms. The van der Waals surface area contributed by atoms with Gasteiger partial charge in [0.2, 0.25) is 10.0 Å². The summed E-state index contributed by atoms with van der Waals surface area (Å²) in [6.07, 6.45) is 0. The quantitative estimate of drug-likeness (QED) is 0.900. The fourth-order valence-electron chi connectivity index (χ4n) is 3.29. The van der Waals surface area contributed by atoms with E-state index in [1.165, 1.54) is 17.0 Å². The van der Waals surface area contributed by atoms with Gasteiger partial charge in [0.1, 0.15) is 11.9 Å². The van der Waals surface area contributed by atoms with Crippen LogP contribution in [0.1, 0.15) is 24.1 Å². The van der Waals surface area contributed by atoms with Gasteiger partial charge in [0.25, 0.3) is 0 Å². The molecule has 4 nitrogen and oxygen atoms in total. The van der Waals surface area contributed by atoms with E-state index in [2.05, 4.69) is 6.92 Å². The minimum atomic E-state index is -3.43. The zero-order valence-corrected chi connectivity index (χ0v) is 15.4. The average molecular weight is 363 g/mol. The van der Waals surface area contributed by atoms with Gasteiger partial charge in [-0.25, -0.2) is 12.8 Å². The summed E-state index contributed by atoms with van der Waals surface area (Å²) in [6.45, 7) is 6.52. The second-order valence-corrected chi connectivity index (χ2v) is 8.59. The average Bonchev–Trinajstić information content (AvgIpc) is 2.62. The van der Waals surface area contributed by atoms with E-state index in [-0.39, 0.29) is 11.9 Å². The molecular formula is C19H24FN2O2S+. The van der Waals surface area contributed by atoms with Gasteiger partial charge < -0.3 is 4.90 Å². The van der Waals surface area contributed by atoms with Crippen LogP contribution in [-0.4, -0.2) is 38.9 Å². The number of aryl methyl sites for hydroxylation is 1. The Morgan fingerprint density at radius 2 is 1.56 bits per heavy atom. The van der Waals surface area contributed by atoms with Crippen molar-refractivity contribution < 1.29 is 17.7 Å². The van der Waals surface area contributed by atoms with Gasteiger partial charge in [0.15, 0.2) is 0 Å². The normalized spacial score (nSPS) is 18.2. The molecule has 1 atom stereocenters. The minimum absolute atomic E-state index is 0.213. The lowest BCUT2D eigenvalue weighted by Crippen LogP contribution is -3.14. The summed E-state index contributed by atoms with van der Waals surface area (Å²) in [6, 6.07) is 13.8.